The summed E-state index contributed by atoms with van der Waals surface area (Å²) in [5, 5.41) is 13.8. The first-order chi connectivity index (χ1) is 15.0. The van der Waals surface area contributed by atoms with Gasteiger partial charge in [0, 0.05) is 38.8 Å². The van der Waals surface area contributed by atoms with E-state index in [1.807, 2.05) is 24.3 Å². The number of hydrogen-bond donors (Lipinski definition) is 2. The summed E-state index contributed by atoms with van der Waals surface area (Å²) in [6, 6.07) is 10.9. The molecule has 31 heavy (non-hydrogen) atoms. The number of piperazine rings is 1. The van der Waals surface area contributed by atoms with E-state index >= 15 is 0 Å². The second-order valence-corrected chi connectivity index (χ2v) is 7.62. The molecule has 0 bridgehead atoms. The highest BCUT2D eigenvalue weighted by Crippen LogP contribution is 2.27. The fourth-order valence-corrected chi connectivity index (χ4v) is 3.66. The summed E-state index contributed by atoms with van der Waals surface area (Å²) in [5.41, 5.74) is 6.88. The molecular formula is C22H25FN4O4. The summed E-state index contributed by atoms with van der Waals surface area (Å²) in [4.78, 5) is 15.3. The highest BCUT2D eigenvalue weighted by atomic mass is 19.1. The third-order valence-electron chi connectivity index (χ3n) is 5.46. The lowest BCUT2D eigenvalue weighted by atomic mass is 10.1. The molecule has 0 radical (unpaired) electrons. The number of aliphatic carboxylic acids is 1. The van der Waals surface area contributed by atoms with Crippen molar-refractivity contribution < 1.29 is 23.6 Å². The minimum absolute atomic E-state index is 0.287. The van der Waals surface area contributed by atoms with E-state index < -0.39 is 12.0 Å². The van der Waals surface area contributed by atoms with Crippen molar-refractivity contribution in [3.8, 4) is 5.75 Å². The van der Waals surface area contributed by atoms with Gasteiger partial charge < -0.3 is 25.0 Å². The van der Waals surface area contributed by atoms with Crippen LogP contribution in [0, 0.1) is 5.82 Å². The molecule has 2 aromatic carbocycles. The monoisotopic (exact) mass is 428 g/mol. The van der Waals surface area contributed by atoms with Gasteiger partial charge in [-0.05, 0) is 36.2 Å². The zero-order chi connectivity index (χ0) is 21.8. The molecule has 1 saturated heterocycles. The minimum atomic E-state index is -1.01. The SMILES string of the molecule is N[C@@H](Cc1ccc(OCCN2CCN(c3noc4cc(F)ccc34)CC2)cc1)C(=O)O. The number of rotatable bonds is 8. The molecule has 0 amide bonds. The second kappa shape index (κ2) is 9.32. The van der Waals surface area contributed by atoms with Gasteiger partial charge in [-0.1, -0.05) is 17.3 Å². The number of carbonyl (C=O) groups is 1. The van der Waals surface area contributed by atoms with Crippen molar-refractivity contribution >= 4 is 22.8 Å². The number of carboxylic acid groups (broad SMARTS) is 1. The highest BCUT2D eigenvalue weighted by molar-refractivity contribution is 5.88. The lowest BCUT2D eigenvalue weighted by Crippen LogP contribution is -2.47. The summed E-state index contributed by atoms with van der Waals surface area (Å²) in [5.74, 6) is 0.158. The topological polar surface area (TPSA) is 105 Å². The first kappa shape index (κ1) is 21.1. The average molecular weight is 428 g/mol. The van der Waals surface area contributed by atoms with Gasteiger partial charge in [-0.15, -0.1) is 0 Å². The van der Waals surface area contributed by atoms with E-state index in [4.69, 9.17) is 20.1 Å². The van der Waals surface area contributed by atoms with Crippen molar-refractivity contribution in [3.63, 3.8) is 0 Å². The Labute approximate surface area is 179 Å². The molecule has 0 aliphatic carbocycles. The number of nitrogens with two attached hydrogens (primary N) is 1. The zero-order valence-corrected chi connectivity index (χ0v) is 17.0. The number of carboxylic acids is 1. The Bertz CT molecular complexity index is 1030. The van der Waals surface area contributed by atoms with Crippen LogP contribution in [0.5, 0.6) is 5.75 Å². The van der Waals surface area contributed by atoms with Crippen molar-refractivity contribution in [1.29, 1.82) is 0 Å². The fourth-order valence-electron chi connectivity index (χ4n) is 3.66. The van der Waals surface area contributed by atoms with Crippen LogP contribution in [0.2, 0.25) is 0 Å². The lowest BCUT2D eigenvalue weighted by Gasteiger charge is -2.34. The summed E-state index contributed by atoms with van der Waals surface area (Å²) in [6.45, 7) is 4.69. The highest BCUT2D eigenvalue weighted by Gasteiger charge is 2.21. The normalized spacial score (nSPS) is 15.9. The summed E-state index contributed by atoms with van der Waals surface area (Å²) >= 11 is 0. The van der Waals surface area contributed by atoms with E-state index in [1.165, 1.54) is 12.1 Å². The molecule has 3 N–H and O–H groups in total. The Balaban J connectivity index is 1.22. The zero-order valence-electron chi connectivity index (χ0n) is 17.0. The van der Waals surface area contributed by atoms with E-state index in [9.17, 15) is 9.18 Å². The Kier molecular flexibility index (Phi) is 6.34. The van der Waals surface area contributed by atoms with Crippen LogP contribution < -0.4 is 15.4 Å². The van der Waals surface area contributed by atoms with Gasteiger partial charge in [0.25, 0.3) is 0 Å². The van der Waals surface area contributed by atoms with Gasteiger partial charge in [0.1, 0.15) is 24.2 Å². The quantitative estimate of drug-likeness (QED) is 0.562. The molecule has 164 valence electrons. The van der Waals surface area contributed by atoms with E-state index in [-0.39, 0.29) is 12.2 Å². The van der Waals surface area contributed by atoms with Crippen molar-refractivity contribution in [1.82, 2.24) is 10.1 Å². The molecule has 4 rings (SSSR count). The number of benzene rings is 2. The van der Waals surface area contributed by atoms with Crippen molar-refractivity contribution in [3.05, 3.63) is 53.8 Å². The first-order valence-electron chi connectivity index (χ1n) is 10.2. The Morgan fingerprint density at radius 1 is 1.19 bits per heavy atom. The van der Waals surface area contributed by atoms with Gasteiger partial charge in [0.2, 0.25) is 0 Å². The maximum absolute atomic E-state index is 13.3. The molecule has 1 atom stereocenters. The molecule has 2 heterocycles. The molecule has 1 aliphatic rings. The fraction of sp³-hybridized carbons (Fsp3) is 0.364. The number of nitrogens with zero attached hydrogens (tertiary/aromatic N) is 3. The standard InChI is InChI=1S/C22H25FN4O4/c23-16-3-6-18-20(14-16)31-25-21(18)27-9-7-26(8-10-27)11-12-30-17-4-1-15(2-5-17)13-19(24)22(28)29/h1-6,14,19H,7-13,24H2,(H,28,29)/t19-/m0/s1. The van der Waals surface area contributed by atoms with Gasteiger partial charge in [-0.25, -0.2) is 4.39 Å². The van der Waals surface area contributed by atoms with Crippen LogP contribution in [-0.2, 0) is 11.2 Å². The third kappa shape index (κ3) is 5.12. The molecule has 0 unspecified atom stereocenters. The molecule has 0 saturated carbocycles. The van der Waals surface area contributed by atoms with E-state index in [1.54, 1.807) is 6.07 Å². The summed E-state index contributed by atoms with van der Waals surface area (Å²) < 4.78 is 24.4. The van der Waals surface area contributed by atoms with Gasteiger partial charge in [0.05, 0.1) is 5.39 Å². The maximum Gasteiger partial charge on any atom is 0.320 e. The molecule has 1 aliphatic heterocycles. The lowest BCUT2D eigenvalue weighted by molar-refractivity contribution is -0.138. The van der Waals surface area contributed by atoms with Gasteiger partial charge >= 0.3 is 5.97 Å². The number of anilines is 1. The summed E-state index contributed by atoms with van der Waals surface area (Å²) in [7, 11) is 0. The number of hydrogen-bond acceptors (Lipinski definition) is 7. The van der Waals surface area contributed by atoms with Crippen LogP contribution in [0.1, 0.15) is 5.56 Å². The van der Waals surface area contributed by atoms with Crippen LogP contribution in [0.4, 0.5) is 10.2 Å². The van der Waals surface area contributed by atoms with E-state index in [0.29, 0.717) is 12.2 Å². The number of ether oxygens (including phenoxy) is 1. The number of aromatic nitrogens is 1. The largest absolute Gasteiger partial charge is 0.492 e. The van der Waals surface area contributed by atoms with Crippen LogP contribution in [0.3, 0.4) is 0 Å². The van der Waals surface area contributed by atoms with Crippen molar-refractivity contribution in [2.75, 3.05) is 44.2 Å². The molecule has 0 spiro atoms. The smallest absolute Gasteiger partial charge is 0.320 e. The van der Waals surface area contributed by atoms with Crippen LogP contribution in [-0.4, -0.2) is 66.5 Å². The van der Waals surface area contributed by atoms with E-state index in [0.717, 1.165) is 55.2 Å². The Morgan fingerprint density at radius 2 is 1.94 bits per heavy atom. The van der Waals surface area contributed by atoms with Crippen LogP contribution in [0.15, 0.2) is 47.0 Å². The van der Waals surface area contributed by atoms with Crippen LogP contribution in [0.25, 0.3) is 11.0 Å². The van der Waals surface area contributed by atoms with Crippen molar-refractivity contribution in [2.45, 2.75) is 12.5 Å². The minimum Gasteiger partial charge on any atom is -0.492 e. The Morgan fingerprint density at radius 3 is 2.65 bits per heavy atom. The van der Waals surface area contributed by atoms with E-state index in [2.05, 4.69) is 15.0 Å². The average Bonchev–Trinajstić information content (AvgIpc) is 3.18. The van der Waals surface area contributed by atoms with Crippen molar-refractivity contribution in [2.24, 2.45) is 5.73 Å². The number of fused-ring (bicyclic) bond motifs is 1. The molecule has 8 nitrogen and oxygen atoms in total. The first-order valence-corrected chi connectivity index (χ1v) is 10.2. The van der Waals surface area contributed by atoms with Gasteiger partial charge in [-0.3, -0.25) is 9.69 Å². The van der Waals surface area contributed by atoms with Gasteiger partial charge in [0.15, 0.2) is 11.4 Å². The second-order valence-electron chi connectivity index (χ2n) is 7.62. The Hall–Kier alpha value is -3.17. The summed E-state index contributed by atoms with van der Waals surface area (Å²) in [6.07, 6.45) is 0.287. The predicted octanol–water partition coefficient (Wildman–Crippen LogP) is 2.12. The van der Waals surface area contributed by atoms with Gasteiger partial charge in [-0.2, -0.15) is 0 Å². The van der Waals surface area contributed by atoms with Crippen LogP contribution >= 0.6 is 0 Å². The third-order valence-corrected chi connectivity index (χ3v) is 5.46. The number of halogens is 1. The predicted molar refractivity (Wildman–Crippen MR) is 114 cm³/mol. The molecule has 1 aromatic heterocycles. The molecule has 3 aromatic rings. The maximum atomic E-state index is 13.3. The molecular weight excluding hydrogens is 403 g/mol. The molecule has 1 fully saturated rings. The molecule has 9 heteroatoms.